The third-order valence-corrected chi connectivity index (χ3v) is 16.7. The van der Waals surface area contributed by atoms with E-state index in [2.05, 4.69) is 360 Å². The third kappa shape index (κ3) is 194. The largest absolute Gasteiger partial charge is 0.381 e. The molecular formula is C106H232O6. The summed E-state index contributed by atoms with van der Waals surface area (Å²) >= 11 is 0. The smallest absolute Gasteiger partial charge is 0.0700 e. The number of ether oxygens (including phenoxy) is 6. The number of hydrogen-bond acceptors (Lipinski definition) is 6. The van der Waals surface area contributed by atoms with Crippen LogP contribution in [0.4, 0.5) is 0 Å². The molecule has 0 N–H and O–H groups in total. The van der Waals surface area contributed by atoms with Gasteiger partial charge in [-0.15, -0.1) is 0 Å². The fourth-order valence-corrected chi connectivity index (χ4v) is 9.57. The molecule has 0 amide bonds. The van der Waals surface area contributed by atoms with Crippen molar-refractivity contribution < 1.29 is 28.4 Å². The van der Waals surface area contributed by atoms with Gasteiger partial charge in [-0.25, -0.2) is 0 Å². The van der Waals surface area contributed by atoms with E-state index in [0.717, 1.165) is 72.0 Å². The summed E-state index contributed by atoms with van der Waals surface area (Å²) in [7, 11) is 0. The summed E-state index contributed by atoms with van der Waals surface area (Å²) in [6.07, 6.45) is 32.3. The Morgan fingerprint density at radius 2 is 0.339 bits per heavy atom. The molecule has 0 spiro atoms. The van der Waals surface area contributed by atoms with Crippen LogP contribution >= 0.6 is 0 Å². The lowest BCUT2D eigenvalue weighted by atomic mass is 9.84. The van der Waals surface area contributed by atoms with E-state index in [1.165, 1.54) is 154 Å². The van der Waals surface area contributed by atoms with Gasteiger partial charge in [-0.3, -0.25) is 0 Å². The van der Waals surface area contributed by atoms with Gasteiger partial charge in [-0.2, -0.15) is 0 Å². The van der Waals surface area contributed by atoms with E-state index in [1.807, 2.05) is 0 Å². The molecule has 692 valence electrons. The van der Waals surface area contributed by atoms with Gasteiger partial charge in [-0.05, 0) is 183 Å². The highest BCUT2D eigenvalue weighted by Crippen LogP contribution is 2.32. The van der Waals surface area contributed by atoms with Crippen LogP contribution < -0.4 is 0 Å². The zero-order valence-electron chi connectivity index (χ0n) is 89.2. The van der Waals surface area contributed by atoms with Crippen LogP contribution in [0, 0.1) is 99.5 Å². The second-order valence-electron chi connectivity index (χ2n) is 52.3. The van der Waals surface area contributed by atoms with Gasteiger partial charge in [0.15, 0.2) is 0 Å². The van der Waals surface area contributed by atoms with E-state index in [9.17, 15) is 0 Å². The Morgan fingerprint density at radius 3 is 0.500 bits per heavy atom. The molecule has 112 heavy (non-hydrogen) atoms. The van der Waals surface area contributed by atoms with Crippen LogP contribution in [0.2, 0.25) is 0 Å². The SMILES string of the molecule is CC(C)(C)CCCC(C)(C)C.CC(C)(C)CCCC(C)(C)C.CC(C)(C)CCCCC(C)(C)C.CC(C)(C)CCCCC(C)(C)C.CC(C)(C)CCCCCC(C)(C)C.CC(C)CCCOCC(C)(C)C.CC(C)COCCOCC(C)(C)C.CC(C)COCCOCC(C)C.CCC(C)(C)C.CCCCOCC(C)(C)C. The first-order valence-electron chi connectivity index (χ1n) is 47.1. The van der Waals surface area contributed by atoms with Gasteiger partial charge in [0.1, 0.15) is 0 Å². The van der Waals surface area contributed by atoms with Crippen LogP contribution in [0.15, 0.2) is 0 Å². The molecule has 0 bridgehead atoms. The normalized spacial score (nSPS) is 12.9. The van der Waals surface area contributed by atoms with Crippen LogP contribution in [0.3, 0.4) is 0 Å². The summed E-state index contributed by atoms with van der Waals surface area (Å²) in [6, 6.07) is 0. The first kappa shape index (κ1) is 132. The molecule has 0 saturated carbocycles. The van der Waals surface area contributed by atoms with Gasteiger partial charge in [-0.1, -0.05) is 431 Å². The van der Waals surface area contributed by atoms with Crippen molar-refractivity contribution in [2.75, 3.05) is 79.3 Å². The molecule has 0 saturated heterocycles. The minimum absolute atomic E-state index is 0.262. The zero-order chi connectivity index (χ0) is 91.0. The molecule has 0 aliphatic carbocycles. The van der Waals surface area contributed by atoms with E-state index >= 15 is 0 Å². The molecule has 0 aromatic heterocycles. The van der Waals surface area contributed by atoms with E-state index in [4.69, 9.17) is 28.4 Å². The van der Waals surface area contributed by atoms with Crippen LogP contribution in [0.1, 0.15) is 514 Å². The topological polar surface area (TPSA) is 55.4 Å². The van der Waals surface area contributed by atoms with Crippen molar-refractivity contribution in [3.63, 3.8) is 0 Å². The minimum atomic E-state index is 0.262. The van der Waals surface area contributed by atoms with Crippen LogP contribution in [0.25, 0.3) is 0 Å². The van der Waals surface area contributed by atoms with Crippen molar-refractivity contribution in [2.45, 2.75) is 514 Å². The Balaban J connectivity index is -0.000000130. The molecule has 0 atom stereocenters. The average Bonchev–Trinajstić information content (AvgIpc) is 1.29. The summed E-state index contributed by atoms with van der Waals surface area (Å²) in [4.78, 5) is 0. The Kier molecular flexibility index (Phi) is 83.1. The highest BCUT2D eigenvalue weighted by molar-refractivity contribution is 4.71. The van der Waals surface area contributed by atoms with Gasteiger partial charge in [0, 0.05) is 33.0 Å². The Bertz CT molecular complexity index is 1700. The molecule has 0 aromatic carbocycles. The Labute approximate surface area is 717 Å². The number of unbranched alkanes of at least 4 members (excludes halogenated alkanes) is 5. The Morgan fingerprint density at radius 1 is 0.170 bits per heavy atom. The zero-order valence-corrected chi connectivity index (χ0v) is 89.2. The first-order chi connectivity index (χ1) is 49.6. The molecule has 0 unspecified atom stereocenters. The first-order valence-corrected chi connectivity index (χ1v) is 47.1. The minimum Gasteiger partial charge on any atom is -0.381 e. The van der Waals surface area contributed by atoms with E-state index in [-0.39, 0.29) is 5.41 Å². The average molecular weight is 1600 g/mol. The number of hydrogen-bond donors (Lipinski definition) is 0. The van der Waals surface area contributed by atoms with Crippen molar-refractivity contribution in [3.8, 4) is 0 Å². The maximum atomic E-state index is 5.55. The molecule has 0 radical (unpaired) electrons. The fourth-order valence-electron chi connectivity index (χ4n) is 9.57. The summed E-state index contributed by atoms with van der Waals surface area (Å²) in [6.45, 7) is 128. The van der Waals surface area contributed by atoms with Crippen LogP contribution in [-0.2, 0) is 28.4 Å². The molecule has 0 aromatic rings. The molecule has 0 aliphatic rings. The third-order valence-electron chi connectivity index (χ3n) is 16.7. The lowest BCUT2D eigenvalue weighted by Gasteiger charge is -2.22. The maximum Gasteiger partial charge on any atom is 0.0700 e. The van der Waals surface area contributed by atoms with E-state index in [1.54, 1.807) is 0 Å². The molecular weight excluding hydrogens is 1370 g/mol. The highest BCUT2D eigenvalue weighted by atomic mass is 16.5. The summed E-state index contributed by atoms with van der Waals surface area (Å²) in [5.41, 5.74) is 6.69. The van der Waals surface area contributed by atoms with Crippen LogP contribution in [-0.4, -0.2) is 79.3 Å². The lowest BCUT2D eigenvalue weighted by molar-refractivity contribution is 0.0131. The van der Waals surface area contributed by atoms with Crippen LogP contribution in [0.5, 0.6) is 0 Å². The van der Waals surface area contributed by atoms with Crippen molar-refractivity contribution in [1.29, 1.82) is 0 Å². The quantitative estimate of drug-likeness (QED) is 0.0583. The molecule has 6 nitrogen and oxygen atoms in total. The second kappa shape index (κ2) is 70.3. The Hall–Kier alpha value is -0.240. The van der Waals surface area contributed by atoms with Crippen molar-refractivity contribution in [2.24, 2.45) is 99.5 Å². The number of rotatable bonds is 36. The van der Waals surface area contributed by atoms with E-state index in [0.29, 0.717) is 101 Å². The second-order valence-corrected chi connectivity index (χ2v) is 52.3. The van der Waals surface area contributed by atoms with Gasteiger partial charge < -0.3 is 28.4 Å². The summed E-state index contributed by atoms with van der Waals surface area (Å²) < 4.78 is 32.5. The fraction of sp³-hybridized carbons (Fsp3) is 1.00. The molecule has 0 heterocycles. The monoisotopic (exact) mass is 1600 g/mol. The predicted octanol–water partition coefficient (Wildman–Crippen LogP) is 36.6. The lowest BCUT2D eigenvalue weighted by Crippen LogP contribution is -2.17. The standard InChI is InChI=1S/C13H28.2C12H26.C11H24O2.C11H24O.2C11H24.C10H22O2.C9H20O.C6H14/c1-12(2,3)10-8-7-9-11-13(4,5)6;2*1-11(2,3)9-7-8-10-12(4,5)6;1-10(2)8-12-6-7-13-9-11(3,4)5;1-10(2)7-6-8-12-9-11(3,4)5;2*1-10(2,3)8-7-9-11(4,5)6;1-9(2)7-11-5-6-12-8-10(3)4;1-5-6-7-10-8-9(2,3)4;1-5-6(2,3)4/h7-11H2,1-6H3;2*7-10H2,1-6H3;10H,6-9H2,1-5H3;10H,6-9H2,1-5H3;2*7-9H2,1-6H3;9-10H,5-8H2,1-4H3;5-8H2,1-4H3;5H2,1-4H3. The maximum absolute atomic E-state index is 5.55. The van der Waals surface area contributed by atoms with Crippen molar-refractivity contribution >= 4 is 0 Å². The highest BCUT2D eigenvalue weighted by Gasteiger charge is 2.19. The van der Waals surface area contributed by atoms with E-state index < -0.39 is 0 Å². The summed E-state index contributed by atoms with van der Waals surface area (Å²) in [5, 5.41) is 0. The van der Waals surface area contributed by atoms with Gasteiger partial charge in [0.25, 0.3) is 0 Å². The summed E-state index contributed by atoms with van der Waals surface area (Å²) in [5.74, 6) is 2.66. The molecule has 0 fully saturated rings. The predicted molar refractivity (Wildman–Crippen MR) is 519 cm³/mol. The molecule has 0 rings (SSSR count). The van der Waals surface area contributed by atoms with Crippen molar-refractivity contribution in [1.82, 2.24) is 0 Å². The van der Waals surface area contributed by atoms with Gasteiger partial charge >= 0.3 is 0 Å². The van der Waals surface area contributed by atoms with Crippen molar-refractivity contribution in [3.05, 3.63) is 0 Å². The molecule has 0 aliphatic heterocycles. The molecule has 6 heteroatoms. The van der Waals surface area contributed by atoms with Gasteiger partial charge in [0.05, 0.1) is 46.2 Å². The van der Waals surface area contributed by atoms with Gasteiger partial charge in [0.2, 0.25) is 0 Å².